The molecular formula is C17H22N4O2. The molecule has 2 aliphatic rings. The smallest absolute Gasteiger partial charge is 0.163 e. The highest BCUT2D eigenvalue weighted by molar-refractivity contribution is 5.36. The molecule has 1 aliphatic carbocycles. The van der Waals surface area contributed by atoms with Gasteiger partial charge in [0.25, 0.3) is 0 Å². The first kappa shape index (κ1) is 14.8. The molecular weight excluding hydrogens is 292 g/mol. The maximum Gasteiger partial charge on any atom is 0.163 e. The van der Waals surface area contributed by atoms with Crippen molar-refractivity contribution in [2.75, 3.05) is 19.7 Å². The topological polar surface area (TPSA) is 63.4 Å². The van der Waals surface area contributed by atoms with Gasteiger partial charge in [-0.3, -0.25) is 4.90 Å². The van der Waals surface area contributed by atoms with Crippen molar-refractivity contribution in [3.8, 4) is 0 Å². The van der Waals surface area contributed by atoms with Crippen molar-refractivity contribution in [2.45, 2.75) is 38.1 Å². The molecule has 0 unspecified atom stereocenters. The van der Waals surface area contributed by atoms with Gasteiger partial charge in [-0.25, -0.2) is 0 Å². The van der Waals surface area contributed by atoms with Gasteiger partial charge in [-0.2, -0.15) is 0 Å². The maximum absolute atomic E-state index is 10.7. The molecule has 1 saturated heterocycles. The number of hydrogen-bond donors (Lipinski definition) is 1. The molecule has 1 aromatic carbocycles. The van der Waals surface area contributed by atoms with Crippen LogP contribution < -0.4 is 0 Å². The summed E-state index contributed by atoms with van der Waals surface area (Å²) < 4.78 is 7.94. The number of morpholine rings is 1. The molecule has 1 N–H and O–H groups in total. The molecule has 6 heteroatoms. The van der Waals surface area contributed by atoms with Gasteiger partial charge in [0.1, 0.15) is 12.4 Å². The number of hydrogen-bond acceptors (Lipinski definition) is 5. The Morgan fingerprint density at radius 1 is 1.35 bits per heavy atom. The zero-order valence-corrected chi connectivity index (χ0v) is 13.3. The monoisotopic (exact) mass is 314 g/mol. The maximum atomic E-state index is 10.7. The van der Waals surface area contributed by atoms with Crippen molar-refractivity contribution >= 4 is 0 Å². The number of benzene rings is 1. The molecule has 3 atom stereocenters. The van der Waals surface area contributed by atoms with Crippen LogP contribution in [-0.2, 0) is 17.7 Å². The number of aromatic nitrogens is 3. The second-order valence-corrected chi connectivity index (χ2v) is 6.24. The lowest BCUT2D eigenvalue weighted by Crippen LogP contribution is -2.47. The number of ether oxygens (including phenoxy) is 1. The molecule has 122 valence electrons. The Balaban J connectivity index is 1.53. The summed E-state index contributed by atoms with van der Waals surface area (Å²) in [6.45, 7) is 5.15. The molecule has 0 amide bonds. The Labute approximate surface area is 135 Å². The minimum atomic E-state index is -0.422. The highest BCUT2D eigenvalue weighted by Gasteiger charge is 2.38. The summed E-state index contributed by atoms with van der Waals surface area (Å²) in [6.07, 6.45) is 2.14. The van der Waals surface area contributed by atoms with E-state index in [1.165, 1.54) is 5.56 Å². The van der Waals surface area contributed by atoms with Crippen molar-refractivity contribution in [1.29, 1.82) is 0 Å². The average molecular weight is 314 g/mol. The highest BCUT2D eigenvalue weighted by Crippen LogP contribution is 2.36. The van der Waals surface area contributed by atoms with Gasteiger partial charge in [0, 0.05) is 25.7 Å². The van der Waals surface area contributed by atoms with E-state index in [2.05, 4.69) is 28.1 Å². The van der Waals surface area contributed by atoms with E-state index in [-0.39, 0.29) is 12.1 Å². The van der Waals surface area contributed by atoms with E-state index in [9.17, 15) is 5.11 Å². The molecule has 0 bridgehead atoms. The lowest BCUT2D eigenvalue weighted by molar-refractivity contribution is -0.0677. The second kappa shape index (κ2) is 6.03. The Morgan fingerprint density at radius 2 is 2.22 bits per heavy atom. The first-order valence-electron chi connectivity index (χ1n) is 8.27. The van der Waals surface area contributed by atoms with Gasteiger partial charge in [0.2, 0.25) is 0 Å². The van der Waals surface area contributed by atoms with E-state index < -0.39 is 6.10 Å². The fraction of sp³-hybridized carbons (Fsp3) is 0.529. The van der Waals surface area contributed by atoms with Gasteiger partial charge in [0.05, 0.1) is 12.7 Å². The van der Waals surface area contributed by atoms with Gasteiger partial charge in [-0.05, 0) is 24.5 Å². The Bertz CT molecular complexity index is 687. The van der Waals surface area contributed by atoms with Gasteiger partial charge in [-0.15, -0.1) is 10.2 Å². The quantitative estimate of drug-likeness (QED) is 0.926. The molecule has 1 fully saturated rings. The van der Waals surface area contributed by atoms with Crippen LogP contribution in [0.15, 0.2) is 30.6 Å². The largest absolute Gasteiger partial charge is 0.387 e. The van der Waals surface area contributed by atoms with Crippen LogP contribution >= 0.6 is 0 Å². The molecule has 4 rings (SSSR count). The first-order valence-corrected chi connectivity index (χ1v) is 8.27. The third kappa shape index (κ3) is 2.56. The summed E-state index contributed by atoms with van der Waals surface area (Å²) in [5, 5.41) is 18.9. The summed E-state index contributed by atoms with van der Waals surface area (Å²) in [5.74, 6) is 0.877. The van der Waals surface area contributed by atoms with Crippen LogP contribution in [0.3, 0.4) is 0 Å². The van der Waals surface area contributed by atoms with Crippen LogP contribution in [0.5, 0.6) is 0 Å². The van der Waals surface area contributed by atoms with Gasteiger partial charge in [0.15, 0.2) is 5.82 Å². The van der Waals surface area contributed by atoms with E-state index in [1.807, 2.05) is 22.8 Å². The highest BCUT2D eigenvalue weighted by atomic mass is 16.5. The SMILES string of the molecule is CCn1cnnc1[C@@H]1CN([C@@H]2Cc3ccccc3[C@H]2O)CCO1. The third-order valence-electron chi connectivity index (χ3n) is 5.01. The van der Waals surface area contributed by atoms with Crippen LogP contribution in [0.2, 0.25) is 0 Å². The zero-order chi connectivity index (χ0) is 15.8. The minimum absolute atomic E-state index is 0.0814. The summed E-state index contributed by atoms with van der Waals surface area (Å²) in [6, 6.07) is 8.31. The number of aryl methyl sites for hydroxylation is 1. The molecule has 2 heterocycles. The molecule has 0 spiro atoms. The molecule has 1 aromatic heterocycles. The van der Waals surface area contributed by atoms with E-state index in [0.717, 1.165) is 37.4 Å². The third-order valence-corrected chi connectivity index (χ3v) is 5.01. The van der Waals surface area contributed by atoms with Crippen LogP contribution in [0.25, 0.3) is 0 Å². The van der Waals surface area contributed by atoms with Crippen LogP contribution in [0.4, 0.5) is 0 Å². The van der Waals surface area contributed by atoms with E-state index >= 15 is 0 Å². The predicted octanol–water partition coefficient (Wildman–Crippen LogP) is 1.33. The van der Waals surface area contributed by atoms with Crippen molar-refractivity contribution < 1.29 is 9.84 Å². The molecule has 0 radical (unpaired) electrons. The van der Waals surface area contributed by atoms with Gasteiger partial charge < -0.3 is 14.4 Å². The number of rotatable bonds is 3. The Morgan fingerprint density at radius 3 is 3.04 bits per heavy atom. The number of nitrogens with zero attached hydrogens (tertiary/aromatic N) is 4. The second-order valence-electron chi connectivity index (χ2n) is 6.24. The summed E-state index contributed by atoms with van der Waals surface area (Å²) in [4.78, 5) is 2.34. The van der Waals surface area contributed by atoms with Crippen molar-refractivity contribution in [3.05, 3.63) is 47.5 Å². The fourth-order valence-corrected chi connectivity index (χ4v) is 3.77. The Kier molecular flexibility index (Phi) is 3.88. The standard InChI is InChI=1S/C17H22N4O2/c1-2-20-11-18-19-17(20)15-10-21(7-8-23-15)14-9-12-5-3-4-6-13(12)16(14)22/h3-6,11,14-16,22H,2,7-10H2,1H3/t14-,15+,16-/m1/s1. The summed E-state index contributed by atoms with van der Waals surface area (Å²) in [5.41, 5.74) is 2.32. The number of aliphatic hydroxyl groups excluding tert-OH is 1. The van der Waals surface area contributed by atoms with Crippen LogP contribution in [-0.4, -0.2) is 50.5 Å². The van der Waals surface area contributed by atoms with Crippen LogP contribution in [0, 0.1) is 0 Å². The lowest BCUT2D eigenvalue weighted by atomic mass is 10.1. The number of fused-ring (bicyclic) bond motifs is 1. The number of aliphatic hydroxyl groups is 1. The van der Waals surface area contributed by atoms with Crippen molar-refractivity contribution in [2.24, 2.45) is 0 Å². The summed E-state index contributed by atoms with van der Waals surface area (Å²) in [7, 11) is 0. The lowest BCUT2D eigenvalue weighted by Gasteiger charge is -2.37. The van der Waals surface area contributed by atoms with E-state index in [0.29, 0.717) is 6.61 Å². The van der Waals surface area contributed by atoms with Crippen molar-refractivity contribution in [1.82, 2.24) is 19.7 Å². The van der Waals surface area contributed by atoms with E-state index in [4.69, 9.17) is 4.74 Å². The minimum Gasteiger partial charge on any atom is -0.387 e. The molecule has 2 aromatic rings. The van der Waals surface area contributed by atoms with Gasteiger partial charge >= 0.3 is 0 Å². The first-order chi connectivity index (χ1) is 11.3. The molecule has 0 saturated carbocycles. The van der Waals surface area contributed by atoms with Gasteiger partial charge in [-0.1, -0.05) is 24.3 Å². The normalized spacial score (nSPS) is 28.0. The summed E-state index contributed by atoms with van der Waals surface area (Å²) >= 11 is 0. The van der Waals surface area contributed by atoms with Crippen LogP contribution in [0.1, 0.15) is 36.1 Å². The van der Waals surface area contributed by atoms with Crippen molar-refractivity contribution in [3.63, 3.8) is 0 Å². The Hall–Kier alpha value is -1.76. The molecule has 6 nitrogen and oxygen atoms in total. The zero-order valence-electron chi connectivity index (χ0n) is 13.3. The van der Waals surface area contributed by atoms with E-state index in [1.54, 1.807) is 6.33 Å². The predicted molar refractivity (Wildman–Crippen MR) is 84.9 cm³/mol. The molecule has 1 aliphatic heterocycles. The molecule has 23 heavy (non-hydrogen) atoms. The average Bonchev–Trinajstić information content (AvgIpc) is 3.20. The fourth-order valence-electron chi connectivity index (χ4n) is 3.77.